The number of benzene rings is 1. The van der Waals surface area contributed by atoms with Gasteiger partial charge in [0.15, 0.2) is 11.6 Å². The number of hydrogen-bond donors (Lipinski definition) is 2. The number of carbonyl (C=O) groups is 1. The summed E-state index contributed by atoms with van der Waals surface area (Å²) in [5.41, 5.74) is 1.77. The Morgan fingerprint density at radius 2 is 1.86 bits per heavy atom. The highest BCUT2D eigenvalue weighted by molar-refractivity contribution is 6.04. The quantitative estimate of drug-likeness (QED) is 0.902. The fourth-order valence-electron chi connectivity index (χ4n) is 1.94. The number of amides is 1. The van der Waals surface area contributed by atoms with Crippen molar-refractivity contribution in [2.45, 2.75) is 19.8 Å². The topological polar surface area (TPSA) is 54.0 Å². The summed E-state index contributed by atoms with van der Waals surface area (Å²) >= 11 is 0. The number of hydrogen-bond acceptors (Lipinski definition) is 3. The van der Waals surface area contributed by atoms with Gasteiger partial charge in [0.05, 0.1) is 5.56 Å². The molecule has 1 aromatic carbocycles. The van der Waals surface area contributed by atoms with E-state index >= 15 is 0 Å². The van der Waals surface area contributed by atoms with Gasteiger partial charge in [0.2, 0.25) is 0 Å². The van der Waals surface area contributed by atoms with Crippen LogP contribution in [0.4, 0.5) is 15.9 Å². The Kier molecular flexibility index (Phi) is 4.52. The Hall–Kier alpha value is -2.43. The van der Waals surface area contributed by atoms with Crippen molar-refractivity contribution in [1.82, 2.24) is 4.98 Å². The minimum atomic E-state index is -0.656. The van der Waals surface area contributed by atoms with Crippen molar-refractivity contribution in [3.05, 3.63) is 53.5 Å². The predicted molar refractivity (Wildman–Crippen MR) is 82.2 cm³/mol. The zero-order chi connectivity index (χ0) is 15.4. The van der Waals surface area contributed by atoms with Crippen LogP contribution in [0.2, 0.25) is 0 Å². The van der Waals surface area contributed by atoms with Crippen LogP contribution in [0.15, 0.2) is 36.5 Å². The first-order valence-electron chi connectivity index (χ1n) is 6.76. The first-order valence-corrected chi connectivity index (χ1v) is 6.76. The molecule has 21 heavy (non-hydrogen) atoms. The molecule has 5 heteroatoms. The molecule has 0 saturated carbocycles. The molecule has 1 aromatic heterocycles. The smallest absolute Gasteiger partial charge is 0.258 e. The molecular weight excluding hydrogens is 269 g/mol. The van der Waals surface area contributed by atoms with E-state index in [1.807, 2.05) is 24.3 Å². The van der Waals surface area contributed by atoms with Gasteiger partial charge in [0.1, 0.15) is 0 Å². The predicted octanol–water partition coefficient (Wildman–Crippen LogP) is 3.64. The summed E-state index contributed by atoms with van der Waals surface area (Å²) in [5.74, 6) is -0.677. The third-order valence-electron chi connectivity index (χ3n) is 3.21. The van der Waals surface area contributed by atoms with Gasteiger partial charge < -0.3 is 10.6 Å². The molecule has 4 nitrogen and oxygen atoms in total. The molecule has 1 heterocycles. The van der Waals surface area contributed by atoms with Gasteiger partial charge in [0.25, 0.3) is 5.91 Å². The molecule has 0 radical (unpaired) electrons. The molecule has 0 spiro atoms. The summed E-state index contributed by atoms with van der Waals surface area (Å²) in [6.07, 6.45) is 1.39. The Labute approximate surface area is 123 Å². The molecule has 0 aliphatic rings. The standard InChI is InChI=1S/C16H18FN3O/c1-10(2)11-4-6-12(7-5-11)20-16(21)13-8-9-19-15(18-3)14(13)17/h4-10H,1-3H3,(H,18,19)(H,20,21). The maximum atomic E-state index is 14.0. The Morgan fingerprint density at radius 3 is 2.43 bits per heavy atom. The lowest BCUT2D eigenvalue weighted by Gasteiger charge is -2.10. The van der Waals surface area contributed by atoms with Crippen LogP contribution in [-0.2, 0) is 0 Å². The molecule has 2 rings (SSSR count). The van der Waals surface area contributed by atoms with Crippen LogP contribution in [-0.4, -0.2) is 17.9 Å². The van der Waals surface area contributed by atoms with Gasteiger partial charge in [-0.05, 0) is 29.7 Å². The Balaban J connectivity index is 2.18. The lowest BCUT2D eigenvalue weighted by Crippen LogP contribution is -2.15. The monoisotopic (exact) mass is 287 g/mol. The summed E-state index contributed by atoms with van der Waals surface area (Å²) in [6, 6.07) is 8.87. The van der Waals surface area contributed by atoms with Crippen LogP contribution in [0.25, 0.3) is 0 Å². The van der Waals surface area contributed by atoms with Gasteiger partial charge in [0, 0.05) is 18.9 Å². The average molecular weight is 287 g/mol. The second-order valence-electron chi connectivity index (χ2n) is 5.00. The van der Waals surface area contributed by atoms with Crippen molar-refractivity contribution in [2.24, 2.45) is 0 Å². The third kappa shape index (κ3) is 3.37. The van der Waals surface area contributed by atoms with Crippen molar-refractivity contribution >= 4 is 17.4 Å². The van der Waals surface area contributed by atoms with Crippen molar-refractivity contribution in [2.75, 3.05) is 17.7 Å². The van der Waals surface area contributed by atoms with Gasteiger partial charge in [-0.3, -0.25) is 4.79 Å². The number of carbonyl (C=O) groups excluding carboxylic acids is 1. The van der Waals surface area contributed by atoms with Gasteiger partial charge in [-0.25, -0.2) is 9.37 Å². The summed E-state index contributed by atoms with van der Waals surface area (Å²) in [4.78, 5) is 15.9. The zero-order valence-electron chi connectivity index (χ0n) is 12.3. The van der Waals surface area contributed by atoms with Crippen LogP contribution in [0.3, 0.4) is 0 Å². The number of pyridine rings is 1. The highest BCUT2D eigenvalue weighted by atomic mass is 19.1. The number of halogens is 1. The van der Waals surface area contributed by atoms with E-state index in [0.717, 1.165) is 0 Å². The number of nitrogens with one attached hydrogen (secondary N) is 2. The summed E-state index contributed by atoms with van der Waals surface area (Å²) < 4.78 is 14.0. The van der Waals surface area contributed by atoms with E-state index in [9.17, 15) is 9.18 Å². The Morgan fingerprint density at radius 1 is 1.19 bits per heavy atom. The van der Waals surface area contributed by atoms with E-state index < -0.39 is 11.7 Å². The van der Waals surface area contributed by atoms with Crippen LogP contribution in [0.5, 0.6) is 0 Å². The fourth-order valence-corrected chi connectivity index (χ4v) is 1.94. The number of nitrogens with zero attached hydrogens (tertiary/aromatic N) is 1. The van der Waals surface area contributed by atoms with E-state index in [-0.39, 0.29) is 11.4 Å². The molecule has 0 aliphatic carbocycles. The summed E-state index contributed by atoms with van der Waals surface area (Å²) in [7, 11) is 1.55. The highest BCUT2D eigenvalue weighted by Crippen LogP contribution is 2.19. The van der Waals surface area contributed by atoms with E-state index in [0.29, 0.717) is 11.6 Å². The molecule has 0 saturated heterocycles. The lowest BCUT2D eigenvalue weighted by atomic mass is 10.0. The minimum Gasteiger partial charge on any atom is -0.371 e. The largest absolute Gasteiger partial charge is 0.371 e. The average Bonchev–Trinajstić information content (AvgIpc) is 2.48. The zero-order valence-corrected chi connectivity index (χ0v) is 12.3. The highest BCUT2D eigenvalue weighted by Gasteiger charge is 2.15. The first-order chi connectivity index (χ1) is 10.0. The minimum absolute atomic E-state index is 0.0395. The Bertz CT molecular complexity index is 638. The maximum absolute atomic E-state index is 14.0. The fraction of sp³-hybridized carbons (Fsp3) is 0.250. The van der Waals surface area contributed by atoms with Crippen molar-refractivity contribution in [1.29, 1.82) is 0 Å². The normalized spacial score (nSPS) is 10.5. The number of aromatic nitrogens is 1. The summed E-state index contributed by atoms with van der Waals surface area (Å²) in [5, 5.41) is 5.29. The van der Waals surface area contributed by atoms with Gasteiger partial charge in [-0.2, -0.15) is 0 Å². The lowest BCUT2D eigenvalue weighted by molar-refractivity contribution is 0.102. The van der Waals surface area contributed by atoms with Crippen molar-refractivity contribution in [3.63, 3.8) is 0 Å². The van der Waals surface area contributed by atoms with Gasteiger partial charge >= 0.3 is 0 Å². The van der Waals surface area contributed by atoms with Crippen molar-refractivity contribution in [3.8, 4) is 0 Å². The molecule has 0 fully saturated rings. The van der Waals surface area contributed by atoms with Crippen molar-refractivity contribution < 1.29 is 9.18 Å². The van der Waals surface area contributed by atoms with E-state index in [1.54, 1.807) is 7.05 Å². The number of rotatable bonds is 4. The first kappa shape index (κ1) is 15.0. The van der Waals surface area contributed by atoms with Gasteiger partial charge in [-0.15, -0.1) is 0 Å². The maximum Gasteiger partial charge on any atom is 0.258 e. The molecule has 2 N–H and O–H groups in total. The summed E-state index contributed by atoms with van der Waals surface area (Å²) in [6.45, 7) is 4.19. The molecule has 0 atom stereocenters. The molecule has 1 amide bonds. The molecule has 2 aromatic rings. The van der Waals surface area contributed by atoms with E-state index in [1.165, 1.54) is 17.8 Å². The van der Waals surface area contributed by atoms with E-state index in [2.05, 4.69) is 29.5 Å². The SMILES string of the molecule is CNc1nccc(C(=O)Nc2ccc(C(C)C)cc2)c1F. The number of anilines is 2. The molecule has 0 aliphatic heterocycles. The molecule has 0 unspecified atom stereocenters. The molecule has 110 valence electrons. The van der Waals surface area contributed by atoms with Crippen LogP contribution in [0, 0.1) is 5.82 Å². The van der Waals surface area contributed by atoms with Gasteiger partial charge in [-0.1, -0.05) is 26.0 Å². The molecular formula is C16H18FN3O. The van der Waals surface area contributed by atoms with Crippen LogP contribution >= 0.6 is 0 Å². The van der Waals surface area contributed by atoms with Crippen LogP contribution in [0.1, 0.15) is 35.7 Å². The third-order valence-corrected chi connectivity index (χ3v) is 3.21. The molecule has 0 bridgehead atoms. The second kappa shape index (κ2) is 6.35. The second-order valence-corrected chi connectivity index (χ2v) is 5.00. The van der Waals surface area contributed by atoms with E-state index in [4.69, 9.17) is 0 Å². The van der Waals surface area contributed by atoms with Crippen LogP contribution < -0.4 is 10.6 Å².